The molecular formula is C14H15FN2O4S. The van der Waals surface area contributed by atoms with E-state index in [1.54, 1.807) is 6.92 Å². The number of anilines is 1. The Labute approximate surface area is 127 Å². The van der Waals surface area contributed by atoms with Crippen LogP contribution in [0.15, 0.2) is 35.4 Å². The number of hydrogen-bond acceptors (Lipinski definition) is 4. The summed E-state index contributed by atoms with van der Waals surface area (Å²) in [6.07, 6.45) is 1.30. The van der Waals surface area contributed by atoms with Crippen molar-refractivity contribution in [3.8, 4) is 0 Å². The highest BCUT2D eigenvalue weighted by atomic mass is 32.2. The van der Waals surface area contributed by atoms with Gasteiger partial charge in [0.15, 0.2) is 0 Å². The van der Waals surface area contributed by atoms with Gasteiger partial charge in [-0.15, -0.1) is 0 Å². The Hall–Kier alpha value is -2.35. The SMILES string of the molecule is COC(=O)c1cc(S(=O)(=O)Nc2ccc(F)cc2C)cn1C. The minimum Gasteiger partial charge on any atom is -0.464 e. The highest BCUT2D eigenvalue weighted by molar-refractivity contribution is 7.92. The molecule has 0 atom stereocenters. The molecule has 1 heterocycles. The van der Waals surface area contributed by atoms with Gasteiger partial charge >= 0.3 is 5.97 Å². The summed E-state index contributed by atoms with van der Waals surface area (Å²) in [5.41, 5.74) is 0.830. The fourth-order valence-electron chi connectivity index (χ4n) is 1.93. The molecule has 118 valence electrons. The molecule has 0 bridgehead atoms. The second kappa shape index (κ2) is 5.80. The maximum atomic E-state index is 13.1. The van der Waals surface area contributed by atoms with E-state index in [9.17, 15) is 17.6 Å². The first kappa shape index (κ1) is 16.0. The van der Waals surface area contributed by atoms with Crippen molar-refractivity contribution in [1.82, 2.24) is 4.57 Å². The van der Waals surface area contributed by atoms with Gasteiger partial charge in [0.2, 0.25) is 0 Å². The van der Waals surface area contributed by atoms with Crippen LogP contribution >= 0.6 is 0 Å². The molecule has 0 saturated heterocycles. The van der Waals surface area contributed by atoms with E-state index < -0.39 is 21.8 Å². The number of rotatable bonds is 4. The molecule has 0 spiro atoms. The van der Waals surface area contributed by atoms with E-state index in [1.165, 1.54) is 43.1 Å². The Balaban J connectivity index is 2.37. The van der Waals surface area contributed by atoms with Gasteiger partial charge in [0.25, 0.3) is 10.0 Å². The number of nitrogens with zero attached hydrogens (tertiary/aromatic N) is 1. The average molecular weight is 326 g/mol. The molecule has 22 heavy (non-hydrogen) atoms. The lowest BCUT2D eigenvalue weighted by Gasteiger charge is -2.09. The first-order valence-corrected chi connectivity index (χ1v) is 7.76. The number of carbonyl (C=O) groups excluding carboxylic acids is 1. The van der Waals surface area contributed by atoms with Crippen molar-refractivity contribution in [2.45, 2.75) is 11.8 Å². The van der Waals surface area contributed by atoms with Crippen molar-refractivity contribution in [2.24, 2.45) is 7.05 Å². The molecular weight excluding hydrogens is 311 g/mol. The minimum atomic E-state index is -3.89. The van der Waals surface area contributed by atoms with Gasteiger partial charge in [0, 0.05) is 13.2 Å². The number of benzene rings is 1. The highest BCUT2D eigenvalue weighted by Gasteiger charge is 2.21. The molecule has 1 aromatic heterocycles. The van der Waals surface area contributed by atoms with Crippen molar-refractivity contribution in [2.75, 3.05) is 11.8 Å². The van der Waals surface area contributed by atoms with Crippen molar-refractivity contribution < 1.29 is 22.3 Å². The minimum absolute atomic E-state index is 0.0841. The molecule has 0 aliphatic heterocycles. The summed E-state index contributed by atoms with van der Waals surface area (Å²) >= 11 is 0. The van der Waals surface area contributed by atoms with E-state index in [-0.39, 0.29) is 16.3 Å². The number of halogens is 1. The van der Waals surface area contributed by atoms with Gasteiger partial charge in [0.05, 0.1) is 12.8 Å². The zero-order valence-electron chi connectivity index (χ0n) is 12.3. The van der Waals surface area contributed by atoms with Crippen LogP contribution in [0.2, 0.25) is 0 Å². The normalized spacial score (nSPS) is 11.3. The maximum absolute atomic E-state index is 13.1. The van der Waals surface area contributed by atoms with Gasteiger partial charge < -0.3 is 9.30 Å². The standard InChI is InChI=1S/C14H15FN2O4S/c1-9-6-10(15)4-5-12(9)16-22(19,20)11-7-13(14(18)21-3)17(2)8-11/h4-8,16H,1-3H3. The van der Waals surface area contributed by atoms with Crippen LogP contribution in [0.3, 0.4) is 0 Å². The summed E-state index contributed by atoms with van der Waals surface area (Å²) in [4.78, 5) is 11.4. The monoisotopic (exact) mass is 326 g/mol. The summed E-state index contributed by atoms with van der Waals surface area (Å²) in [7, 11) is -1.15. The van der Waals surface area contributed by atoms with Crippen molar-refractivity contribution in [3.63, 3.8) is 0 Å². The molecule has 2 aromatic rings. The first-order valence-electron chi connectivity index (χ1n) is 6.28. The molecule has 0 radical (unpaired) electrons. The number of ether oxygens (including phenoxy) is 1. The number of nitrogens with one attached hydrogen (secondary N) is 1. The summed E-state index contributed by atoms with van der Waals surface area (Å²) in [5, 5.41) is 0. The molecule has 0 amide bonds. The zero-order valence-corrected chi connectivity index (χ0v) is 13.1. The highest BCUT2D eigenvalue weighted by Crippen LogP contribution is 2.22. The lowest BCUT2D eigenvalue weighted by molar-refractivity contribution is 0.0590. The number of aromatic nitrogens is 1. The number of carbonyl (C=O) groups is 1. The Morgan fingerprint density at radius 2 is 2.00 bits per heavy atom. The quantitative estimate of drug-likeness (QED) is 0.873. The summed E-state index contributed by atoms with van der Waals surface area (Å²) in [5.74, 6) is -1.09. The van der Waals surface area contributed by atoms with Gasteiger partial charge in [0.1, 0.15) is 16.4 Å². The first-order chi connectivity index (χ1) is 10.2. The molecule has 6 nitrogen and oxygen atoms in total. The lowest BCUT2D eigenvalue weighted by atomic mass is 10.2. The number of aryl methyl sites for hydroxylation is 2. The molecule has 1 N–H and O–H groups in total. The number of esters is 1. The van der Waals surface area contributed by atoms with Crippen molar-refractivity contribution in [1.29, 1.82) is 0 Å². The predicted octanol–water partition coefficient (Wildman–Crippen LogP) is 2.06. The topological polar surface area (TPSA) is 77.4 Å². The van der Waals surface area contributed by atoms with E-state index >= 15 is 0 Å². The summed E-state index contributed by atoms with van der Waals surface area (Å²) < 4.78 is 46.0. The fourth-order valence-corrected chi connectivity index (χ4v) is 3.13. The number of sulfonamides is 1. The third kappa shape index (κ3) is 3.11. The summed E-state index contributed by atoms with van der Waals surface area (Å²) in [6, 6.07) is 4.94. The van der Waals surface area contributed by atoms with Crippen LogP contribution in [0, 0.1) is 12.7 Å². The smallest absolute Gasteiger partial charge is 0.354 e. The third-order valence-electron chi connectivity index (χ3n) is 3.12. The van der Waals surface area contributed by atoms with Crippen molar-refractivity contribution in [3.05, 3.63) is 47.5 Å². The molecule has 8 heteroatoms. The Bertz CT molecular complexity index is 827. The fraction of sp³-hybridized carbons (Fsp3) is 0.214. The van der Waals surface area contributed by atoms with E-state index in [0.29, 0.717) is 5.56 Å². The van der Waals surface area contributed by atoms with Crippen LogP contribution in [0.1, 0.15) is 16.1 Å². The van der Waals surface area contributed by atoms with E-state index in [2.05, 4.69) is 9.46 Å². The lowest BCUT2D eigenvalue weighted by Crippen LogP contribution is -2.13. The van der Waals surface area contributed by atoms with Crippen LogP contribution < -0.4 is 4.72 Å². The predicted molar refractivity (Wildman–Crippen MR) is 78.7 cm³/mol. The van der Waals surface area contributed by atoms with E-state index in [4.69, 9.17) is 0 Å². The summed E-state index contributed by atoms with van der Waals surface area (Å²) in [6.45, 7) is 1.59. The second-order valence-corrected chi connectivity index (χ2v) is 6.41. The zero-order chi connectivity index (χ0) is 16.5. The van der Waals surface area contributed by atoms with Gasteiger partial charge in [-0.05, 0) is 36.8 Å². The Kier molecular flexibility index (Phi) is 4.23. The van der Waals surface area contributed by atoms with E-state index in [0.717, 1.165) is 6.07 Å². The molecule has 0 aliphatic rings. The van der Waals surface area contributed by atoms with Crippen LogP contribution in [0.25, 0.3) is 0 Å². The average Bonchev–Trinajstić information content (AvgIpc) is 2.84. The van der Waals surface area contributed by atoms with Crippen LogP contribution in [-0.4, -0.2) is 26.1 Å². The van der Waals surface area contributed by atoms with Crippen LogP contribution in [0.4, 0.5) is 10.1 Å². The van der Waals surface area contributed by atoms with Crippen LogP contribution in [-0.2, 0) is 21.8 Å². The Morgan fingerprint density at radius 3 is 2.59 bits per heavy atom. The third-order valence-corrected chi connectivity index (χ3v) is 4.45. The molecule has 1 aromatic carbocycles. The molecule has 0 unspecified atom stereocenters. The Morgan fingerprint density at radius 1 is 1.32 bits per heavy atom. The van der Waals surface area contributed by atoms with Gasteiger partial charge in [-0.3, -0.25) is 4.72 Å². The van der Waals surface area contributed by atoms with Gasteiger partial charge in [-0.2, -0.15) is 0 Å². The molecule has 0 saturated carbocycles. The second-order valence-electron chi connectivity index (χ2n) is 4.73. The maximum Gasteiger partial charge on any atom is 0.354 e. The number of hydrogen-bond donors (Lipinski definition) is 1. The molecule has 0 aliphatic carbocycles. The largest absolute Gasteiger partial charge is 0.464 e. The van der Waals surface area contributed by atoms with Gasteiger partial charge in [-0.1, -0.05) is 0 Å². The van der Waals surface area contributed by atoms with Crippen molar-refractivity contribution >= 4 is 21.7 Å². The molecule has 2 rings (SSSR count). The number of methoxy groups -OCH3 is 1. The molecule has 0 fully saturated rings. The van der Waals surface area contributed by atoms with Crippen LogP contribution in [0.5, 0.6) is 0 Å². The van der Waals surface area contributed by atoms with Gasteiger partial charge in [-0.25, -0.2) is 17.6 Å². The van der Waals surface area contributed by atoms with E-state index in [1.807, 2.05) is 0 Å².